The van der Waals surface area contributed by atoms with Crippen LogP contribution in [-0.2, 0) is 11.8 Å². The zero-order chi connectivity index (χ0) is 25.1. The van der Waals surface area contributed by atoms with E-state index in [-0.39, 0.29) is 22.5 Å². The molecular formula is C31H31NO3. The van der Waals surface area contributed by atoms with Crippen LogP contribution >= 0.6 is 0 Å². The van der Waals surface area contributed by atoms with E-state index in [1.807, 2.05) is 62.4 Å². The summed E-state index contributed by atoms with van der Waals surface area (Å²) in [6, 6.07) is 19.4. The third-order valence-corrected chi connectivity index (χ3v) is 7.20. The molecule has 1 atom stereocenters. The lowest BCUT2D eigenvalue weighted by Crippen LogP contribution is -2.29. The lowest BCUT2D eigenvalue weighted by molar-refractivity contribution is 0.0971. The highest BCUT2D eigenvalue weighted by Crippen LogP contribution is 2.42. The third kappa shape index (κ3) is 3.78. The van der Waals surface area contributed by atoms with Crippen molar-refractivity contribution < 1.29 is 9.21 Å². The summed E-state index contributed by atoms with van der Waals surface area (Å²) in [5.41, 5.74) is 6.79. The molecular weight excluding hydrogens is 434 g/mol. The molecule has 4 nitrogen and oxygen atoms in total. The molecule has 0 radical (unpaired) electrons. The second-order valence-electron chi connectivity index (χ2n) is 10.6. The van der Waals surface area contributed by atoms with Gasteiger partial charge >= 0.3 is 0 Å². The minimum atomic E-state index is -0.554. The Hall–Kier alpha value is -3.66. The second kappa shape index (κ2) is 8.23. The molecule has 2 heterocycles. The third-order valence-electron chi connectivity index (χ3n) is 7.20. The van der Waals surface area contributed by atoms with Gasteiger partial charge in [-0.25, -0.2) is 0 Å². The molecule has 1 aromatic heterocycles. The molecule has 1 unspecified atom stereocenters. The molecule has 5 rings (SSSR count). The monoisotopic (exact) mass is 465 g/mol. The van der Waals surface area contributed by atoms with Crippen LogP contribution < -0.4 is 10.3 Å². The molecule has 4 heteroatoms. The number of carbonyl (C=O) groups excluding carboxylic acids is 1. The highest BCUT2D eigenvalue weighted by Gasteiger charge is 2.43. The molecule has 1 aliphatic rings. The molecule has 35 heavy (non-hydrogen) atoms. The van der Waals surface area contributed by atoms with E-state index in [0.29, 0.717) is 16.5 Å². The summed E-state index contributed by atoms with van der Waals surface area (Å²) >= 11 is 0. The minimum absolute atomic E-state index is 0.00220. The molecule has 0 N–H and O–H groups in total. The van der Waals surface area contributed by atoms with E-state index in [1.54, 1.807) is 4.90 Å². The highest BCUT2D eigenvalue weighted by atomic mass is 16.3. The molecule has 1 aliphatic heterocycles. The van der Waals surface area contributed by atoms with Crippen molar-refractivity contribution in [2.45, 2.75) is 59.4 Å². The van der Waals surface area contributed by atoms with Crippen molar-refractivity contribution in [3.05, 3.63) is 110 Å². The molecule has 0 fully saturated rings. The van der Waals surface area contributed by atoms with Crippen LogP contribution in [0.5, 0.6) is 0 Å². The topological polar surface area (TPSA) is 50.5 Å². The number of fused-ring (bicyclic) bond motifs is 2. The first kappa shape index (κ1) is 23.1. The first-order valence-electron chi connectivity index (χ1n) is 12.2. The lowest BCUT2D eigenvalue weighted by atomic mass is 9.85. The van der Waals surface area contributed by atoms with Crippen LogP contribution in [0.25, 0.3) is 11.0 Å². The smallest absolute Gasteiger partial charge is 0.295 e. The van der Waals surface area contributed by atoms with Gasteiger partial charge in [0.15, 0.2) is 5.43 Å². The number of carbonyl (C=O) groups is 1. The Morgan fingerprint density at radius 2 is 1.51 bits per heavy atom. The predicted molar refractivity (Wildman–Crippen MR) is 142 cm³/mol. The van der Waals surface area contributed by atoms with Gasteiger partial charge in [-0.3, -0.25) is 14.5 Å². The Morgan fingerprint density at radius 1 is 0.886 bits per heavy atom. The summed E-state index contributed by atoms with van der Waals surface area (Å²) in [6.45, 7) is 12.6. The zero-order valence-corrected chi connectivity index (χ0v) is 21.2. The van der Waals surface area contributed by atoms with Crippen LogP contribution in [0, 0.1) is 13.8 Å². The van der Waals surface area contributed by atoms with Crippen LogP contribution in [0.1, 0.15) is 77.7 Å². The van der Waals surface area contributed by atoms with Crippen molar-refractivity contribution in [2.75, 3.05) is 4.90 Å². The van der Waals surface area contributed by atoms with E-state index in [4.69, 9.17) is 4.42 Å². The van der Waals surface area contributed by atoms with Crippen molar-refractivity contribution in [2.24, 2.45) is 0 Å². The fourth-order valence-electron chi connectivity index (χ4n) is 4.87. The molecule has 0 bridgehead atoms. The number of hydrogen-bond acceptors (Lipinski definition) is 3. The van der Waals surface area contributed by atoms with Gasteiger partial charge in [0.25, 0.3) is 5.91 Å². The summed E-state index contributed by atoms with van der Waals surface area (Å²) < 4.78 is 6.17. The van der Waals surface area contributed by atoms with Crippen LogP contribution in [0.4, 0.5) is 5.69 Å². The van der Waals surface area contributed by atoms with Gasteiger partial charge in [-0.1, -0.05) is 64.1 Å². The van der Waals surface area contributed by atoms with Gasteiger partial charge in [0.1, 0.15) is 5.58 Å². The van der Waals surface area contributed by atoms with E-state index in [0.717, 1.165) is 28.8 Å². The summed E-state index contributed by atoms with van der Waals surface area (Å²) in [5, 5.41) is 0.513. The van der Waals surface area contributed by atoms with Crippen molar-refractivity contribution in [3.63, 3.8) is 0 Å². The standard InChI is InChI=1S/C31H31NO3/c1-7-20-8-14-23(15-9-20)32-27(21-10-12-22(13-11-21)31(4,5)6)26-28(33)24-16-18(2)19(3)17-25(24)35-29(26)30(32)34/h8-17,27H,7H2,1-6H3. The number of nitrogens with zero attached hydrogens (tertiary/aromatic N) is 1. The van der Waals surface area contributed by atoms with E-state index >= 15 is 0 Å². The lowest BCUT2D eigenvalue weighted by Gasteiger charge is -2.26. The molecule has 0 saturated heterocycles. The van der Waals surface area contributed by atoms with Gasteiger partial charge in [0.2, 0.25) is 5.76 Å². The molecule has 3 aromatic carbocycles. The number of rotatable bonds is 3. The average molecular weight is 466 g/mol. The Kier molecular flexibility index (Phi) is 5.43. The van der Waals surface area contributed by atoms with Gasteiger partial charge in [-0.15, -0.1) is 0 Å². The van der Waals surface area contributed by atoms with E-state index in [2.05, 4.69) is 39.8 Å². The first-order valence-corrected chi connectivity index (χ1v) is 12.2. The van der Waals surface area contributed by atoms with E-state index in [1.165, 1.54) is 11.1 Å². The van der Waals surface area contributed by atoms with Crippen LogP contribution in [0.3, 0.4) is 0 Å². The quantitative estimate of drug-likeness (QED) is 0.327. The Balaban J connectivity index is 1.76. The molecule has 0 saturated carbocycles. The fourth-order valence-corrected chi connectivity index (χ4v) is 4.87. The molecule has 0 spiro atoms. The molecule has 4 aromatic rings. The number of amides is 1. The molecule has 178 valence electrons. The van der Waals surface area contributed by atoms with E-state index in [9.17, 15) is 9.59 Å². The number of aryl methyl sites for hydroxylation is 3. The predicted octanol–water partition coefficient (Wildman–Crippen LogP) is 7.02. The van der Waals surface area contributed by atoms with Gasteiger partial charge < -0.3 is 4.42 Å². The Labute approximate surface area is 206 Å². The van der Waals surface area contributed by atoms with Crippen molar-refractivity contribution >= 4 is 22.6 Å². The summed E-state index contributed by atoms with van der Waals surface area (Å²) in [7, 11) is 0. The van der Waals surface area contributed by atoms with Gasteiger partial charge in [-0.2, -0.15) is 0 Å². The van der Waals surface area contributed by atoms with Crippen molar-refractivity contribution in [1.29, 1.82) is 0 Å². The van der Waals surface area contributed by atoms with Gasteiger partial charge in [0, 0.05) is 5.69 Å². The summed E-state index contributed by atoms with van der Waals surface area (Å²) in [6.07, 6.45) is 0.913. The highest BCUT2D eigenvalue weighted by molar-refractivity contribution is 6.10. The van der Waals surface area contributed by atoms with Gasteiger partial charge in [0.05, 0.1) is 17.0 Å². The maximum atomic E-state index is 13.9. The van der Waals surface area contributed by atoms with Crippen molar-refractivity contribution in [1.82, 2.24) is 0 Å². The average Bonchev–Trinajstić information content (AvgIpc) is 3.12. The van der Waals surface area contributed by atoms with E-state index < -0.39 is 6.04 Å². The SMILES string of the molecule is CCc1ccc(N2C(=O)c3oc4cc(C)c(C)cc4c(=O)c3C2c2ccc(C(C)(C)C)cc2)cc1. The van der Waals surface area contributed by atoms with Crippen molar-refractivity contribution in [3.8, 4) is 0 Å². The molecule has 1 amide bonds. The van der Waals surface area contributed by atoms with Crippen LogP contribution in [0.2, 0.25) is 0 Å². The maximum Gasteiger partial charge on any atom is 0.295 e. The summed E-state index contributed by atoms with van der Waals surface area (Å²) in [5.74, 6) is -0.151. The zero-order valence-electron chi connectivity index (χ0n) is 21.2. The number of anilines is 1. The first-order chi connectivity index (χ1) is 16.6. The van der Waals surface area contributed by atoms with Crippen LogP contribution in [-0.4, -0.2) is 5.91 Å². The normalized spacial score (nSPS) is 15.7. The van der Waals surface area contributed by atoms with Gasteiger partial charge in [-0.05, 0) is 77.8 Å². The largest absolute Gasteiger partial charge is 0.450 e. The Bertz CT molecular complexity index is 1500. The number of benzene rings is 3. The maximum absolute atomic E-state index is 13.9. The second-order valence-corrected chi connectivity index (χ2v) is 10.6. The molecule has 0 aliphatic carbocycles. The minimum Gasteiger partial charge on any atom is -0.450 e. The van der Waals surface area contributed by atoms with Crippen LogP contribution in [0.15, 0.2) is 69.9 Å². The fraction of sp³-hybridized carbons (Fsp3) is 0.290. The summed E-state index contributed by atoms with van der Waals surface area (Å²) in [4.78, 5) is 29.4. The number of hydrogen-bond donors (Lipinski definition) is 0. The Morgan fingerprint density at radius 3 is 2.11 bits per heavy atom.